The smallest absolute Gasteiger partial charge is 0.415 e. The van der Waals surface area contributed by atoms with Crippen LogP contribution in [-0.2, 0) is 29.2 Å². The van der Waals surface area contributed by atoms with Gasteiger partial charge in [0.15, 0.2) is 17.4 Å². The molecule has 1 aliphatic heterocycles. The van der Waals surface area contributed by atoms with Crippen molar-refractivity contribution in [3.63, 3.8) is 0 Å². The van der Waals surface area contributed by atoms with Crippen molar-refractivity contribution >= 4 is 29.2 Å². The number of aryl methyl sites for hydroxylation is 1. The van der Waals surface area contributed by atoms with Crippen LogP contribution in [0.2, 0.25) is 5.02 Å². The van der Waals surface area contributed by atoms with Crippen molar-refractivity contribution in [3.05, 3.63) is 145 Å². The van der Waals surface area contributed by atoms with E-state index in [-0.39, 0.29) is 50.2 Å². The summed E-state index contributed by atoms with van der Waals surface area (Å²) < 4.78 is 81.4. The van der Waals surface area contributed by atoms with Gasteiger partial charge in [-0.2, -0.15) is 4.39 Å². The van der Waals surface area contributed by atoms with E-state index in [9.17, 15) is 41.7 Å². The molecule has 0 N–H and O–H groups in total. The first-order chi connectivity index (χ1) is 26.4. The third kappa shape index (κ3) is 9.52. The van der Waals surface area contributed by atoms with Crippen molar-refractivity contribution in [1.82, 2.24) is 9.80 Å². The van der Waals surface area contributed by atoms with Gasteiger partial charge in [-0.05, 0) is 84.3 Å². The lowest BCUT2D eigenvalue weighted by Crippen LogP contribution is -2.47. The van der Waals surface area contributed by atoms with Crippen molar-refractivity contribution in [3.8, 4) is 11.5 Å². The van der Waals surface area contributed by atoms with Gasteiger partial charge < -0.3 is 24.1 Å². The molecule has 4 aromatic carbocycles. The van der Waals surface area contributed by atoms with Crippen molar-refractivity contribution < 1.29 is 50.9 Å². The molecule has 4 aromatic rings. The molecule has 0 radical (unpaired) electrons. The second-order valence-corrected chi connectivity index (χ2v) is 13.3. The lowest BCUT2D eigenvalue weighted by molar-refractivity contribution is -0.763. The summed E-state index contributed by atoms with van der Waals surface area (Å²) >= 11 is 6.15. The van der Waals surface area contributed by atoms with Gasteiger partial charge in [-0.15, -0.1) is 10.1 Å². The van der Waals surface area contributed by atoms with Crippen molar-refractivity contribution in [2.75, 3.05) is 19.7 Å². The van der Waals surface area contributed by atoms with Crippen LogP contribution in [0, 0.1) is 45.1 Å². The van der Waals surface area contributed by atoms with Crippen LogP contribution in [0.15, 0.2) is 78.9 Å². The number of ether oxygens (including phenoxy) is 2. The largest absolute Gasteiger partial charge is 0.488 e. The average Bonchev–Trinajstić information content (AvgIpc) is 4.02. The molecular formula is C39H33ClF5N3O7. The zero-order valence-electron chi connectivity index (χ0n) is 29.0. The molecule has 55 heavy (non-hydrogen) atoms. The minimum atomic E-state index is -1.40. The molecule has 0 bridgehead atoms. The van der Waals surface area contributed by atoms with Crippen molar-refractivity contribution in [2.45, 2.75) is 44.9 Å². The highest BCUT2D eigenvalue weighted by Gasteiger charge is 2.41. The normalized spacial score (nSPS) is 15.3. The molecule has 288 valence electrons. The first-order valence-electron chi connectivity index (χ1n) is 17.2. The van der Waals surface area contributed by atoms with Gasteiger partial charge in [0.05, 0.1) is 24.1 Å². The van der Waals surface area contributed by atoms with E-state index < -0.39 is 62.9 Å². The Morgan fingerprint density at radius 3 is 2.35 bits per heavy atom. The molecule has 1 saturated carbocycles. The Morgan fingerprint density at radius 1 is 0.909 bits per heavy atom. The van der Waals surface area contributed by atoms with Crippen LogP contribution in [0.4, 0.5) is 26.7 Å². The van der Waals surface area contributed by atoms with Gasteiger partial charge >= 0.3 is 6.09 Å². The van der Waals surface area contributed by atoms with E-state index in [1.54, 1.807) is 36.4 Å². The fourth-order valence-electron chi connectivity index (χ4n) is 6.23. The topological polar surface area (TPSA) is 111 Å². The van der Waals surface area contributed by atoms with Crippen LogP contribution in [-0.4, -0.2) is 52.6 Å². The van der Waals surface area contributed by atoms with E-state index in [2.05, 4.69) is 4.84 Å². The highest BCUT2D eigenvalue weighted by molar-refractivity contribution is 6.31. The molecular weight excluding hydrogens is 753 g/mol. The monoisotopic (exact) mass is 785 g/mol. The van der Waals surface area contributed by atoms with Crippen LogP contribution < -0.4 is 9.47 Å². The van der Waals surface area contributed by atoms with E-state index in [0.29, 0.717) is 48.4 Å². The molecule has 1 atom stereocenters. The second-order valence-electron chi connectivity index (χ2n) is 13.0. The predicted molar refractivity (Wildman–Crippen MR) is 189 cm³/mol. The number of amides is 2. The first kappa shape index (κ1) is 39.0. The molecule has 1 heterocycles. The number of rotatable bonds is 14. The van der Waals surface area contributed by atoms with E-state index in [1.807, 2.05) is 0 Å². The lowest BCUT2D eigenvalue weighted by Gasteiger charge is -2.35. The van der Waals surface area contributed by atoms with Crippen molar-refractivity contribution in [2.24, 2.45) is 5.92 Å². The number of halogens is 6. The lowest BCUT2D eigenvalue weighted by atomic mass is 9.87. The fraction of sp³-hybridized carbons (Fsp3) is 0.282. The van der Waals surface area contributed by atoms with Crippen LogP contribution in [0.5, 0.6) is 11.5 Å². The second kappa shape index (κ2) is 17.2. The molecule has 16 heteroatoms. The minimum absolute atomic E-state index is 0.0438. The van der Waals surface area contributed by atoms with Crippen LogP contribution in [0.3, 0.4) is 0 Å². The van der Waals surface area contributed by atoms with Crippen LogP contribution >= 0.6 is 11.6 Å². The molecule has 1 aliphatic carbocycles. The highest BCUT2D eigenvalue weighted by atomic mass is 35.5. The summed E-state index contributed by atoms with van der Waals surface area (Å²) in [6, 6.07) is 16.2. The van der Waals surface area contributed by atoms with Crippen molar-refractivity contribution in [1.29, 1.82) is 0 Å². The number of carbonyl (C=O) groups is 2. The van der Waals surface area contributed by atoms with Gasteiger partial charge in [-0.1, -0.05) is 54.1 Å². The van der Waals surface area contributed by atoms with E-state index in [1.165, 1.54) is 28.0 Å². The van der Waals surface area contributed by atoms with E-state index >= 15 is 0 Å². The number of benzene rings is 4. The predicted octanol–water partition coefficient (Wildman–Crippen LogP) is 8.46. The molecule has 1 unspecified atom stereocenters. The van der Waals surface area contributed by atoms with Crippen LogP contribution in [0.25, 0.3) is 5.57 Å². The standard InChI is InChI=1S/C39H33ClF5N3O7/c40-35-30(31(41)12-13-32(35)42)21-47(26-10-11-26)38(49)29-20-46(39(50)55-27-5-1-3-24(19-27)22-54-48(51)52)17-16-28(29)25-8-6-23(7-9-25)4-2-18-53-37-34(44)15-14-33(43)36(37)45/h1,3,5-9,12-16,19,26,29H,2,4,10-11,17-18,20-22H2. The quantitative estimate of drug-likeness (QED) is 0.0415. The van der Waals surface area contributed by atoms with E-state index in [0.717, 1.165) is 23.8 Å². The number of hydrogen-bond acceptors (Lipinski definition) is 7. The maximum absolute atomic E-state index is 14.9. The molecule has 0 saturated heterocycles. The Kier molecular flexibility index (Phi) is 12.2. The maximum Gasteiger partial charge on any atom is 0.415 e. The van der Waals surface area contributed by atoms with Gasteiger partial charge in [0.2, 0.25) is 11.7 Å². The van der Waals surface area contributed by atoms with Gasteiger partial charge in [0.25, 0.3) is 5.09 Å². The Morgan fingerprint density at radius 2 is 1.62 bits per heavy atom. The summed E-state index contributed by atoms with van der Waals surface area (Å²) in [5.41, 5.74) is 2.27. The molecule has 2 aliphatic rings. The summed E-state index contributed by atoms with van der Waals surface area (Å²) in [7, 11) is 0. The molecule has 0 aromatic heterocycles. The van der Waals surface area contributed by atoms with E-state index in [4.69, 9.17) is 21.1 Å². The maximum atomic E-state index is 14.9. The number of hydrogen-bond donors (Lipinski definition) is 0. The summed E-state index contributed by atoms with van der Waals surface area (Å²) in [6.45, 7) is -0.843. The third-order valence-electron chi connectivity index (χ3n) is 9.19. The summed E-state index contributed by atoms with van der Waals surface area (Å²) in [6.07, 6.45) is 2.95. The molecule has 10 nitrogen and oxygen atoms in total. The fourth-order valence-corrected chi connectivity index (χ4v) is 6.44. The Labute approximate surface area is 316 Å². The minimum Gasteiger partial charge on any atom is -0.488 e. The Bertz CT molecular complexity index is 2120. The first-order valence-corrected chi connectivity index (χ1v) is 17.6. The average molecular weight is 786 g/mol. The molecule has 0 spiro atoms. The SMILES string of the molecule is O=C(Oc1cccc(CO[N+](=O)[O-])c1)N1CC=C(c2ccc(CCCOc3c(F)ccc(F)c3F)cc2)C(C(=O)N(Cc2c(F)ccc(F)c2Cl)C2CC2)C1. The Balaban J connectivity index is 1.21. The summed E-state index contributed by atoms with van der Waals surface area (Å²) in [4.78, 5) is 45.7. The summed E-state index contributed by atoms with van der Waals surface area (Å²) in [5, 5.41) is 9.25. The third-order valence-corrected chi connectivity index (χ3v) is 9.60. The summed E-state index contributed by atoms with van der Waals surface area (Å²) in [5.74, 6) is -7.34. The van der Waals surface area contributed by atoms with Gasteiger partial charge in [0, 0.05) is 24.7 Å². The zero-order valence-corrected chi connectivity index (χ0v) is 29.7. The molecule has 1 fully saturated rings. The highest BCUT2D eigenvalue weighted by Crippen LogP contribution is 2.37. The van der Waals surface area contributed by atoms with Gasteiger partial charge in [-0.3, -0.25) is 4.79 Å². The molecule has 2 amide bonds. The van der Waals surface area contributed by atoms with Gasteiger partial charge in [-0.25, -0.2) is 22.4 Å². The zero-order chi connectivity index (χ0) is 39.2. The van der Waals surface area contributed by atoms with Gasteiger partial charge in [0.1, 0.15) is 24.0 Å². The van der Waals surface area contributed by atoms with Crippen LogP contribution in [0.1, 0.15) is 41.5 Å². The number of nitrogens with zero attached hydrogens (tertiary/aromatic N) is 3. The Hall–Kier alpha value is -5.70. The molecule has 6 rings (SSSR count). The number of carbonyl (C=O) groups excluding carboxylic acids is 2.